The summed E-state index contributed by atoms with van der Waals surface area (Å²) in [7, 11) is 0. The topological polar surface area (TPSA) is 108 Å². The Balaban J connectivity index is 1.46. The fourth-order valence-electron chi connectivity index (χ4n) is 4.22. The molecule has 0 aromatic heterocycles. The van der Waals surface area contributed by atoms with Crippen LogP contribution in [0.2, 0.25) is 0 Å². The van der Waals surface area contributed by atoms with Crippen LogP contribution in [-0.2, 0) is 16.1 Å². The smallest absolute Gasteiger partial charge is 0.262 e. The number of piperidine rings is 1. The third-order valence-electron chi connectivity index (χ3n) is 5.76. The van der Waals surface area contributed by atoms with Crippen LogP contribution < -0.4 is 16.0 Å². The molecule has 2 fully saturated rings. The van der Waals surface area contributed by atoms with Crippen molar-refractivity contribution in [1.82, 2.24) is 20.9 Å². The van der Waals surface area contributed by atoms with Crippen LogP contribution in [0.15, 0.2) is 18.2 Å². The van der Waals surface area contributed by atoms with Gasteiger partial charge in [0.2, 0.25) is 11.8 Å². The van der Waals surface area contributed by atoms with Crippen LogP contribution in [0.4, 0.5) is 0 Å². The number of nitrogens with one attached hydrogen (secondary N) is 3. The summed E-state index contributed by atoms with van der Waals surface area (Å²) >= 11 is 0. The number of rotatable bonds is 6. The summed E-state index contributed by atoms with van der Waals surface area (Å²) in [5.41, 5.74) is 1.46. The third-order valence-corrected chi connectivity index (χ3v) is 5.76. The highest BCUT2D eigenvalue weighted by atomic mass is 16.2. The summed E-state index contributed by atoms with van der Waals surface area (Å²) in [5, 5.41) is 8.93. The summed E-state index contributed by atoms with van der Waals surface area (Å²) in [5.74, 6) is -1.20. The van der Waals surface area contributed by atoms with E-state index >= 15 is 0 Å². The summed E-state index contributed by atoms with van der Waals surface area (Å²) in [6.07, 6.45) is 2.54. The normalized spacial score (nSPS) is 24.6. The van der Waals surface area contributed by atoms with Crippen LogP contribution in [0.3, 0.4) is 0 Å². The SMILES string of the molecule is O=C1CCC(N2C(=O)c3cccc(CNCC[C@H]4CCNC4)c3C2=O)C(=O)N1. The van der Waals surface area contributed by atoms with E-state index in [1.165, 1.54) is 6.42 Å². The minimum atomic E-state index is -0.930. The van der Waals surface area contributed by atoms with E-state index in [1.807, 2.05) is 6.07 Å². The Morgan fingerprint density at radius 2 is 1.96 bits per heavy atom. The van der Waals surface area contributed by atoms with E-state index < -0.39 is 23.8 Å². The molecule has 0 spiro atoms. The van der Waals surface area contributed by atoms with Crippen LogP contribution >= 0.6 is 0 Å². The molecule has 0 bridgehead atoms. The van der Waals surface area contributed by atoms with Crippen molar-refractivity contribution in [2.24, 2.45) is 5.92 Å². The average molecular weight is 384 g/mol. The van der Waals surface area contributed by atoms with Gasteiger partial charge >= 0.3 is 0 Å². The molecule has 8 nitrogen and oxygen atoms in total. The van der Waals surface area contributed by atoms with Gasteiger partial charge in [0, 0.05) is 13.0 Å². The second-order valence-electron chi connectivity index (χ2n) is 7.61. The number of benzene rings is 1. The molecule has 3 aliphatic rings. The van der Waals surface area contributed by atoms with Crippen LogP contribution in [0, 0.1) is 5.92 Å². The van der Waals surface area contributed by atoms with Crippen molar-refractivity contribution in [3.8, 4) is 0 Å². The van der Waals surface area contributed by atoms with E-state index in [2.05, 4.69) is 16.0 Å². The number of nitrogens with zero attached hydrogens (tertiary/aromatic N) is 1. The van der Waals surface area contributed by atoms with E-state index in [4.69, 9.17) is 0 Å². The molecule has 1 aromatic carbocycles. The van der Waals surface area contributed by atoms with E-state index in [9.17, 15) is 19.2 Å². The molecule has 28 heavy (non-hydrogen) atoms. The maximum Gasteiger partial charge on any atom is 0.262 e. The zero-order chi connectivity index (χ0) is 19.7. The number of carbonyl (C=O) groups is 4. The van der Waals surface area contributed by atoms with E-state index in [1.54, 1.807) is 12.1 Å². The van der Waals surface area contributed by atoms with Gasteiger partial charge in [-0.2, -0.15) is 0 Å². The standard InChI is InChI=1S/C20H24N4O4/c25-16-5-4-15(18(26)23-16)24-19(27)14-3-1-2-13(17(14)20(24)28)11-22-9-7-12-6-8-21-10-12/h1-3,12,15,21-22H,4-11H2,(H,23,25,26)/t12-,15?/m1/s1. The lowest BCUT2D eigenvalue weighted by molar-refractivity contribution is -0.136. The van der Waals surface area contributed by atoms with Gasteiger partial charge in [-0.15, -0.1) is 0 Å². The van der Waals surface area contributed by atoms with Gasteiger partial charge in [-0.3, -0.25) is 29.4 Å². The molecule has 0 saturated carbocycles. The van der Waals surface area contributed by atoms with E-state index in [0.717, 1.165) is 36.5 Å². The first-order valence-corrected chi connectivity index (χ1v) is 9.81. The van der Waals surface area contributed by atoms with Crippen molar-refractivity contribution in [3.63, 3.8) is 0 Å². The van der Waals surface area contributed by atoms with Crippen molar-refractivity contribution in [2.45, 2.75) is 38.3 Å². The van der Waals surface area contributed by atoms with Crippen LogP contribution in [0.5, 0.6) is 0 Å². The number of hydrogen-bond donors (Lipinski definition) is 3. The highest BCUT2D eigenvalue weighted by Gasteiger charge is 2.45. The monoisotopic (exact) mass is 384 g/mol. The van der Waals surface area contributed by atoms with Crippen LogP contribution in [0.25, 0.3) is 0 Å². The molecule has 3 aliphatic heterocycles. The predicted molar refractivity (Wildman–Crippen MR) is 100 cm³/mol. The lowest BCUT2D eigenvalue weighted by Gasteiger charge is -2.27. The number of hydrogen-bond acceptors (Lipinski definition) is 6. The number of fused-ring (bicyclic) bond motifs is 1. The molecule has 4 rings (SSSR count). The molecular weight excluding hydrogens is 360 g/mol. The summed E-state index contributed by atoms with van der Waals surface area (Å²) in [6.45, 7) is 3.46. The van der Waals surface area contributed by atoms with Gasteiger partial charge in [0.05, 0.1) is 11.1 Å². The molecule has 1 unspecified atom stereocenters. The predicted octanol–water partition coefficient (Wildman–Crippen LogP) is 0.177. The number of amides is 4. The summed E-state index contributed by atoms with van der Waals surface area (Å²) in [6, 6.07) is 4.29. The Morgan fingerprint density at radius 1 is 1.11 bits per heavy atom. The molecule has 2 saturated heterocycles. The summed E-state index contributed by atoms with van der Waals surface area (Å²) < 4.78 is 0. The second-order valence-corrected chi connectivity index (χ2v) is 7.61. The highest BCUT2D eigenvalue weighted by Crippen LogP contribution is 2.29. The van der Waals surface area contributed by atoms with Crippen molar-refractivity contribution in [1.29, 1.82) is 0 Å². The van der Waals surface area contributed by atoms with Gasteiger partial charge in [0.25, 0.3) is 11.8 Å². The maximum absolute atomic E-state index is 13.0. The number of carbonyl (C=O) groups excluding carboxylic acids is 4. The molecule has 3 heterocycles. The Morgan fingerprint density at radius 3 is 2.71 bits per heavy atom. The minimum Gasteiger partial charge on any atom is -0.316 e. The average Bonchev–Trinajstić information content (AvgIpc) is 3.27. The first-order valence-electron chi connectivity index (χ1n) is 9.81. The van der Waals surface area contributed by atoms with Crippen molar-refractivity contribution in [3.05, 3.63) is 34.9 Å². The Labute approximate surface area is 163 Å². The van der Waals surface area contributed by atoms with Gasteiger partial charge in [0.1, 0.15) is 6.04 Å². The molecule has 0 aliphatic carbocycles. The van der Waals surface area contributed by atoms with Gasteiger partial charge < -0.3 is 10.6 Å². The molecule has 4 amide bonds. The fraction of sp³-hybridized carbons (Fsp3) is 0.500. The highest BCUT2D eigenvalue weighted by molar-refractivity contribution is 6.24. The minimum absolute atomic E-state index is 0.119. The zero-order valence-corrected chi connectivity index (χ0v) is 15.6. The summed E-state index contributed by atoms with van der Waals surface area (Å²) in [4.78, 5) is 50.4. The van der Waals surface area contributed by atoms with E-state index in [-0.39, 0.29) is 18.7 Å². The largest absolute Gasteiger partial charge is 0.316 e. The Bertz CT molecular complexity index is 831. The molecule has 0 radical (unpaired) electrons. The van der Waals surface area contributed by atoms with Gasteiger partial charge in [0.15, 0.2) is 0 Å². The molecular formula is C20H24N4O4. The van der Waals surface area contributed by atoms with Crippen LogP contribution in [-0.4, -0.2) is 54.2 Å². The Hall–Kier alpha value is -2.58. The lowest BCUT2D eigenvalue weighted by atomic mass is 10.0. The molecule has 148 valence electrons. The number of imide groups is 2. The van der Waals surface area contributed by atoms with Crippen molar-refractivity contribution >= 4 is 23.6 Å². The van der Waals surface area contributed by atoms with E-state index in [0.29, 0.717) is 23.6 Å². The fourth-order valence-corrected chi connectivity index (χ4v) is 4.22. The van der Waals surface area contributed by atoms with Crippen LogP contribution in [0.1, 0.15) is 52.0 Å². The Kier molecular flexibility index (Phi) is 5.23. The molecule has 1 aromatic rings. The van der Waals surface area contributed by atoms with Gasteiger partial charge in [-0.25, -0.2) is 0 Å². The first-order chi connectivity index (χ1) is 13.6. The quantitative estimate of drug-likeness (QED) is 0.477. The first kappa shape index (κ1) is 18.8. The van der Waals surface area contributed by atoms with Crippen molar-refractivity contribution in [2.75, 3.05) is 19.6 Å². The zero-order valence-electron chi connectivity index (χ0n) is 15.6. The van der Waals surface area contributed by atoms with Gasteiger partial charge in [-0.1, -0.05) is 12.1 Å². The van der Waals surface area contributed by atoms with Gasteiger partial charge in [-0.05, 0) is 56.4 Å². The molecule has 2 atom stereocenters. The second kappa shape index (κ2) is 7.81. The third kappa shape index (κ3) is 3.45. The maximum atomic E-state index is 13.0. The van der Waals surface area contributed by atoms with Crippen molar-refractivity contribution < 1.29 is 19.2 Å². The lowest BCUT2D eigenvalue weighted by Crippen LogP contribution is -2.54. The molecule has 3 N–H and O–H groups in total. The molecule has 8 heteroatoms.